The summed E-state index contributed by atoms with van der Waals surface area (Å²) < 4.78 is 5.53. The Balaban J connectivity index is 1.32. The summed E-state index contributed by atoms with van der Waals surface area (Å²) in [6.07, 6.45) is 6.37. The van der Waals surface area contributed by atoms with Crippen molar-refractivity contribution in [2.45, 2.75) is 89.6 Å². The van der Waals surface area contributed by atoms with E-state index in [1.807, 2.05) is 26.8 Å². The molecule has 3 fully saturated rings. The molecule has 0 aromatic heterocycles. The number of hydrogen-bond acceptors (Lipinski definition) is 7. The van der Waals surface area contributed by atoms with E-state index in [0.717, 1.165) is 38.2 Å². The molecule has 1 aliphatic carbocycles. The number of piperidine rings is 1. The summed E-state index contributed by atoms with van der Waals surface area (Å²) in [7, 11) is 0. The number of ether oxygens (including phenoxy) is 1. The summed E-state index contributed by atoms with van der Waals surface area (Å²) in [4.78, 5) is 43.6. The van der Waals surface area contributed by atoms with Crippen molar-refractivity contribution in [1.29, 1.82) is 0 Å². The van der Waals surface area contributed by atoms with Gasteiger partial charge < -0.3 is 15.4 Å². The lowest BCUT2D eigenvalue weighted by Crippen LogP contribution is -2.57. The van der Waals surface area contributed by atoms with Crippen molar-refractivity contribution in [3.8, 4) is 0 Å². The van der Waals surface area contributed by atoms with E-state index in [1.165, 1.54) is 47.9 Å². The van der Waals surface area contributed by atoms with E-state index in [1.54, 1.807) is 11.8 Å². The number of amides is 3. The van der Waals surface area contributed by atoms with E-state index in [-0.39, 0.29) is 17.9 Å². The van der Waals surface area contributed by atoms with Crippen molar-refractivity contribution in [3.63, 3.8) is 0 Å². The highest BCUT2D eigenvalue weighted by atomic mass is 32.2. The Morgan fingerprint density at radius 2 is 1.77 bits per heavy atom. The second kappa shape index (κ2) is 14.8. The van der Waals surface area contributed by atoms with Crippen LogP contribution in [0.4, 0.5) is 4.79 Å². The molecule has 1 unspecified atom stereocenters. The molecule has 2 aliphatic heterocycles. The van der Waals surface area contributed by atoms with Gasteiger partial charge in [-0.15, -0.1) is 11.8 Å². The maximum absolute atomic E-state index is 13.5. The summed E-state index contributed by atoms with van der Waals surface area (Å²) in [5.74, 6) is 2.75. The molecular weight excluding hydrogens is 544 g/mol. The first-order valence-corrected chi connectivity index (χ1v) is 17.0. The Kier molecular flexibility index (Phi) is 11.5. The summed E-state index contributed by atoms with van der Waals surface area (Å²) >= 11 is 3.28. The Morgan fingerprint density at radius 3 is 2.45 bits per heavy atom. The lowest BCUT2D eigenvalue weighted by molar-refractivity contribution is -0.131. The number of nitrogens with zero attached hydrogens (tertiary/aromatic N) is 2. The normalized spacial score (nSPS) is 21.8. The lowest BCUT2D eigenvalue weighted by atomic mass is 10.0. The van der Waals surface area contributed by atoms with Crippen LogP contribution in [-0.4, -0.2) is 87.7 Å². The zero-order valence-electron chi connectivity index (χ0n) is 24.2. The van der Waals surface area contributed by atoms with Crippen LogP contribution in [0.1, 0.15) is 64.9 Å². The molecule has 2 heterocycles. The van der Waals surface area contributed by atoms with Crippen LogP contribution < -0.4 is 10.6 Å². The predicted octanol–water partition coefficient (Wildman–Crippen LogP) is 4.49. The Hall–Kier alpha value is -1.91. The van der Waals surface area contributed by atoms with Crippen LogP contribution in [0.2, 0.25) is 0 Å². The van der Waals surface area contributed by atoms with Gasteiger partial charge in [0.1, 0.15) is 17.7 Å². The molecule has 0 spiro atoms. The van der Waals surface area contributed by atoms with Gasteiger partial charge in [-0.1, -0.05) is 43.2 Å². The van der Waals surface area contributed by atoms with Gasteiger partial charge in [-0.25, -0.2) is 4.79 Å². The number of hydrogen-bond donors (Lipinski definition) is 2. The van der Waals surface area contributed by atoms with Gasteiger partial charge in [-0.3, -0.25) is 19.4 Å². The molecule has 8 nitrogen and oxygen atoms in total. The molecule has 222 valence electrons. The van der Waals surface area contributed by atoms with Crippen LogP contribution in [0.5, 0.6) is 0 Å². The van der Waals surface area contributed by atoms with Gasteiger partial charge in [-0.05, 0) is 63.7 Å². The van der Waals surface area contributed by atoms with Gasteiger partial charge in [0, 0.05) is 37.2 Å². The monoisotopic (exact) mass is 590 g/mol. The smallest absolute Gasteiger partial charge is 0.411 e. The lowest BCUT2D eigenvalue weighted by Gasteiger charge is -2.33. The van der Waals surface area contributed by atoms with E-state index in [0.29, 0.717) is 23.3 Å². The summed E-state index contributed by atoms with van der Waals surface area (Å²) in [5.41, 5.74) is 0.666. The second-order valence-corrected chi connectivity index (χ2v) is 14.3. The molecule has 10 heteroatoms. The van der Waals surface area contributed by atoms with Gasteiger partial charge in [0.25, 0.3) is 0 Å². The third kappa shape index (κ3) is 9.58. The maximum Gasteiger partial charge on any atom is 0.411 e. The van der Waals surface area contributed by atoms with Gasteiger partial charge in [0.05, 0.1) is 5.88 Å². The summed E-state index contributed by atoms with van der Waals surface area (Å²) in [5, 5.41) is 6.26. The van der Waals surface area contributed by atoms with Crippen molar-refractivity contribution in [2.75, 3.05) is 36.2 Å². The van der Waals surface area contributed by atoms with Crippen molar-refractivity contribution < 1.29 is 19.1 Å². The highest BCUT2D eigenvalue weighted by molar-refractivity contribution is 7.99. The highest BCUT2D eigenvalue weighted by Crippen LogP contribution is 2.28. The fourth-order valence-corrected chi connectivity index (χ4v) is 7.93. The van der Waals surface area contributed by atoms with Crippen LogP contribution >= 0.6 is 23.5 Å². The van der Waals surface area contributed by atoms with E-state index in [9.17, 15) is 14.4 Å². The molecule has 3 amide bonds. The molecule has 0 bridgehead atoms. The first-order valence-electron chi connectivity index (χ1n) is 14.7. The third-order valence-electron chi connectivity index (χ3n) is 7.74. The second-order valence-electron chi connectivity index (χ2n) is 12.3. The first kappa shape index (κ1) is 31.0. The zero-order chi connectivity index (χ0) is 28.5. The molecule has 2 N–H and O–H groups in total. The zero-order valence-corrected chi connectivity index (χ0v) is 25.9. The van der Waals surface area contributed by atoms with Crippen molar-refractivity contribution in [1.82, 2.24) is 20.4 Å². The average molecular weight is 591 g/mol. The van der Waals surface area contributed by atoms with Crippen molar-refractivity contribution >= 4 is 41.4 Å². The molecule has 1 aromatic rings. The third-order valence-corrected chi connectivity index (χ3v) is 10.0. The molecule has 1 aromatic carbocycles. The molecular formula is C30H46N4O4S2. The number of nitrogens with one attached hydrogen (secondary N) is 2. The first-order chi connectivity index (χ1) is 19.2. The summed E-state index contributed by atoms with van der Waals surface area (Å²) in [6, 6.07) is 9.29. The largest absolute Gasteiger partial charge is 0.444 e. The van der Waals surface area contributed by atoms with Crippen LogP contribution in [0.3, 0.4) is 0 Å². The van der Waals surface area contributed by atoms with Crippen LogP contribution in [-0.2, 0) is 20.9 Å². The molecule has 4 rings (SSSR count). The SMILES string of the molecule is CC(C)(C)OC(=O)N1CSC[C@H]1C(=O)NC(CSCC1CCCC1)C(=O)NC1CCN(Cc2ccccc2)CC1. The molecule has 2 atom stereocenters. The van der Waals surface area contributed by atoms with Gasteiger partial charge in [0.2, 0.25) is 11.8 Å². The van der Waals surface area contributed by atoms with Crippen molar-refractivity contribution in [2.24, 2.45) is 5.92 Å². The van der Waals surface area contributed by atoms with Gasteiger partial charge >= 0.3 is 6.09 Å². The fraction of sp³-hybridized carbons (Fsp3) is 0.700. The maximum atomic E-state index is 13.5. The molecule has 3 aliphatic rings. The Morgan fingerprint density at radius 1 is 1.07 bits per heavy atom. The number of thioether (sulfide) groups is 2. The minimum absolute atomic E-state index is 0.0963. The van der Waals surface area contributed by atoms with E-state index >= 15 is 0 Å². The van der Waals surface area contributed by atoms with Gasteiger partial charge in [0.15, 0.2) is 0 Å². The Labute approximate surface area is 248 Å². The van der Waals surface area contributed by atoms with Crippen molar-refractivity contribution in [3.05, 3.63) is 35.9 Å². The quantitative estimate of drug-likeness (QED) is 0.415. The van der Waals surface area contributed by atoms with Crippen LogP contribution in [0.25, 0.3) is 0 Å². The Bertz CT molecular complexity index is 976. The van der Waals surface area contributed by atoms with Crippen LogP contribution in [0, 0.1) is 5.92 Å². The summed E-state index contributed by atoms with van der Waals surface area (Å²) in [6.45, 7) is 8.23. The average Bonchev–Trinajstić information content (AvgIpc) is 3.61. The topological polar surface area (TPSA) is 91.0 Å². The number of carbonyl (C=O) groups is 3. The number of rotatable bonds is 10. The number of benzene rings is 1. The van der Waals surface area contributed by atoms with Gasteiger partial charge in [-0.2, -0.15) is 11.8 Å². The standard InChI is InChI=1S/C30H46N4O4S2/c1-30(2,3)38-29(37)34-21-40-20-26(34)28(36)32-25(19-39-18-23-11-7-8-12-23)27(35)31-24-13-15-33(16-14-24)17-22-9-5-4-6-10-22/h4-6,9-10,23-26H,7-8,11-21H2,1-3H3,(H,31,35)(H,32,36)/t25?,26-/m0/s1. The number of carbonyl (C=O) groups excluding carboxylic acids is 3. The van der Waals surface area contributed by atoms with E-state index in [2.05, 4.69) is 39.8 Å². The van der Waals surface area contributed by atoms with E-state index < -0.39 is 23.8 Å². The number of likely N-dealkylation sites (tertiary alicyclic amines) is 1. The minimum Gasteiger partial charge on any atom is -0.444 e. The predicted molar refractivity (Wildman–Crippen MR) is 163 cm³/mol. The fourth-order valence-electron chi connectivity index (χ4n) is 5.52. The highest BCUT2D eigenvalue weighted by Gasteiger charge is 2.39. The molecule has 1 saturated carbocycles. The minimum atomic E-state index is -0.642. The molecule has 40 heavy (non-hydrogen) atoms. The molecule has 2 saturated heterocycles. The van der Waals surface area contributed by atoms with E-state index in [4.69, 9.17) is 4.74 Å². The molecule has 0 radical (unpaired) electrons. The van der Waals surface area contributed by atoms with Crippen LogP contribution in [0.15, 0.2) is 30.3 Å².